The number of para-hydroxylation sites is 1. The Hall–Kier alpha value is -4.16. The molecule has 1 fully saturated rings. The van der Waals surface area contributed by atoms with Crippen LogP contribution in [0.1, 0.15) is 52.6 Å². The molecule has 2 atom stereocenters. The molecule has 4 heterocycles. The Morgan fingerprint density at radius 3 is 2.44 bits per heavy atom. The van der Waals surface area contributed by atoms with E-state index in [0.29, 0.717) is 36.8 Å². The van der Waals surface area contributed by atoms with Gasteiger partial charge >= 0.3 is 6.18 Å². The molecule has 7 nitrogen and oxygen atoms in total. The molecule has 0 aliphatic carbocycles. The predicted octanol–water partition coefficient (Wildman–Crippen LogP) is 5.40. The van der Waals surface area contributed by atoms with Crippen LogP contribution in [0.4, 0.5) is 26.3 Å². The van der Waals surface area contributed by atoms with Gasteiger partial charge in [0.05, 0.1) is 34.9 Å². The number of hydrogen-bond donors (Lipinski definition) is 0. The van der Waals surface area contributed by atoms with Crippen molar-refractivity contribution in [1.82, 2.24) is 29.7 Å². The second kappa shape index (κ2) is 8.95. The predicted molar refractivity (Wildman–Crippen MR) is 125 cm³/mol. The van der Waals surface area contributed by atoms with Crippen LogP contribution >= 0.6 is 0 Å². The lowest BCUT2D eigenvalue weighted by Gasteiger charge is -2.45. The average molecular weight is 546 g/mol. The van der Waals surface area contributed by atoms with Crippen molar-refractivity contribution in [2.45, 2.75) is 43.9 Å². The third-order valence-corrected chi connectivity index (χ3v) is 7.30. The molecule has 1 amide bonds. The van der Waals surface area contributed by atoms with Gasteiger partial charge in [0.1, 0.15) is 0 Å². The van der Waals surface area contributed by atoms with Crippen molar-refractivity contribution < 1.29 is 31.1 Å². The maximum Gasteiger partial charge on any atom is 0.436 e. The Balaban J connectivity index is 1.40. The Bertz CT molecular complexity index is 1590. The topological polar surface area (TPSA) is 68.8 Å². The van der Waals surface area contributed by atoms with Crippen molar-refractivity contribution in [2.75, 3.05) is 0 Å². The van der Waals surface area contributed by atoms with Crippen molar-refractivity contribution >= 4 is 5.91 Å². The quantitative estimate of drug-likeness (QED) is 0.255. The SMILES string of the molecule is Cn1nc2c(c1-c1cc(F)c(F)c(F)c1)C[C@@H]1CCC[C@H]2N1C(=O)c1ccccc1-n1ncc(C(F)(F)F)n1. The van der Waals surface area contributed by atoms with E-state index in [-0.39, 0.29) is 22.9 Å². The summed E-state index contributed by atoms with van der Waals surface area (Å²) in [5, 5.41) is 11.8. The van der Waals surface area contributed by atoms with Gasteiger partial charge in [-0.25, -0.2) is 13.2 Å². The van der Waals surface area contributed by atoms with Gasteiger partial charge in [0.15, 0.2) is 23.1 Å². The lowest BCUT2D eigenvalue weighted by atomic mass is 9.81. The largest absolute Gasteiger partial charge is 0.436 e. The van der Waals surface area contributed by atoms with E-state index in [1.165, 1.54) is 16.8 Å². The van der Waals surface area contributed by atoms with E-state index in [4.69, 9.17) is 0 Å². The Kier molecular flexibility index (Phi) is 5.77. The van der Waals surface area contributed by atoms with Gasteiger partial charge in [0, 0.05) is 24.2 Å². The smallest absolute Gasteiger partial charge is 0.327 e. The number of fused-ring (bicyclic) bond motifs is 4. The summed E-state index contributed by atoms with van der Waals surface area (Å²) < 4.78 is 82.6. The maximum absolute atomic E-state index is 14.1. The van der Waals surface area contributed by atoms with E-state index in [1.54, 1.807) is 24.1 Å². The van der Waals surface area contributed by atoms with E-state index in [9.17, 15) is 31.1 Å². The van der Waals surface area contributed by atoms with Crippen LogP contribution < -0.4 is 0 Å². The third-order valence-electron chi connectivity index (χ3n) is 7.30. The monoisotopic (exact) mass is 546 g/mol. The van der Waals surface area contributed by atoms with Crippen LogP contribution in [0.5, 0.6) is 0 Å². The highest BCUT2D eigenvalue weighted by Gasteiger charge is 2.44. The minimum absolute atomic E-state index is 0.0980. The van der Waals surface area contributed by atoms with Gasteiger partial charge in [-0.1, -0.05) is 12.1 Å². The summed E-state index contributed by atoms with van der Waals surface area (Å²) in [5.74, 6) is -4.60. The summed E-state index contributed by atoms with van der Waals surface area (Å²) in [5.41, 5.74) is 0.902. The van der Waals surface area contributed by atoms with Crippen molar-refractivity contribution in [2.24, 2.45) is 7.05 Å². The first-order chi connectivity index (χ1) is 18.5. The molecule has 2 aliphatic heterocycles. The number of aromatic nitrogens is 5. The number of halogens is 6. The molecule has 0 unspecified atom stereocenters. The molecule has 1 saturated heterocycles. The summed E-state index contributed by atoms with van der Waals surface area (Å²) in [6.45, 7) is 0. The molecule has 2 aromatic carbocycles. The van der Waals surface area contributed by atoms with Crippen LogP contribution in [0.3, 0.4) is 0 Å². The lowest BCUT2D eigenvalue weighted by Crippen LogP contribution is -2.50. The van der Waals surface area contributed by atoms with Gasteiger partial charge in [0.2, 0.25) is 0 Å². The van der Waals surface area contributed by atoms with Gasteiger partial charge in [-0.05, 0) is 49.9 Å². The van der Waals surface area contributed by atoms with Gasteiger partial charge in [-0.3, -0.25) is 9.48 Å². The first-order valence-corrected chi connectivity index (χ1v) is 12.2. The van der Waals surface area contributed by atoms with E-state index >= 15 is 0 Å². The minimum Gasteiger partial charge on any atom is -0.327 e. The van der Waals surface area contributed by atoms with Gasteiger partial charge in [0.25, 0.3) is 5.91 Å². The second-order valence-corrected chi connectivity index (χ2v) is 9.64. The highest BCUT2D eigenvalue weighted by molar-refractivity contribution is 5.98. The molecule has 0 radical (unpaired) electrons. The molecule has 2 aromatic heterocycles. The number of alkyl halides is 3. The number of nitrogens with zero attached hydrogens (tertiary/aromatic N) is 6. The van der Waals surface area contributed by atoms with E-state index in [0.717, 1.165) is 28.9 Å². The van der Waals surface area contributed by atoms with Gasteiger partial charge in [-0.15, -0.1) is 5.10 Å². The molecule has 0 N–H and O–H groups in total. The number of rotatable bonds is 3. The number of carbonyl (C=O) groups excluding carboxylic acids is 1. The van der Waals surface area contributed by atoms with Crippen molar-refractivity contribution in [1.29, 1.82) is 0 Å². The first-order valence-electron chi connectivity index (χ1n) is 12.2. The molecule has 4 aromatic rings. The molecular weight excluding hydrogens is 526 g/mol. The molecule has 6 rings (SSSR count). The molecule has 13 heteroatoms. The molecule has 0 saturated carbocycles. The molecule has 0 spiro atoms. The Morgan fingerprint density at radius 1 is 1.03 bits per heavy atom. The highest BCUT2D eigenvalue weighted by atomic mass is 19.4. The zero-order chi connectivity index (χ0) is 27.6. The van der Waals surface area contributed by atoms with Gasteiger partial charge in [-0.2, -0.15) is 28.2 Å². The van der Waals surface area contributed by atoms with E-state index < -0.39 is 41.3 Å². The summed E-state index contributed by atoms with van der Waals surface area (Å²) in [4.78, 5) is 16.4. The molecule has 202 valence electrons. The Morgan fingerprint density at radius 2 is 1.74 bits per heavy atom. The van der Waals surface area contributed by atoms with Crippen molar-refractivity contribution in [3.63, 3.8) is 0 Å². The molecule has 39 heavy (non-hydrogen) atoms. The second-order valence-electron chi connectivity index (χ2n) is 9.64. The number of amides is 1. The normalized spacial score (nSPS) is 18.8. The average Bonchev–Trinajstić information content (AvgIpc) is 3.51. The summed E-state index contributed by atoms with van der Waals surface area (Å²) >= 11 is 0. The fourth-order valence-electron chi connectivity index (χ4n) is 5.68. The standard InChI is InChI=1S/C26H20F6N6O/c1-36-24(13-9-17(27)22(29)18(28)10-13)16-11-14-5-4-8-20(23(16)35-36)37(14)25(39)15-6-2-3-7-19(15)38-33-12-21(34-38)26(30,31)32/h2-3,6-7,9-10,12,14,20H,4-5,8,11H2,1H3/t14-,20+/m0/s1. The number of benzene rings is 2. The first kappa shape index (κ1) is 25.1. The van der Waals surface area contributed by atoms with Crippen molar-refractivity contribution in [3.05, 3.63) is 82.6 Å². The zero-order valence-electron chi connectivity index (χ0n) is 20.4. The molecular formula is C26H20F6N6O. The zero-order valence-corrected chi connectivity index (χ0v) is 20.4. The number of piperidine rings is 1. The van der Waals surface area contributed by atoms with E-state index in [2.05, 4.69) is 15.3 Å². The van der Waals surface area contributed by atoms with Crippen LogP contribution in [0.2, 0.25) is 0 Å². The summed E-state index contributed by atoms with van der Waals surface area (Å²) in [6.07, 6.45) is -1.74. The van der Waals surface area contributed by atoms with Crippen LogP contribution in [0, 0.1) is 17.5 Å². The van der Waals surface area contributed by atoms with Crippen LogP contribution in [0.15, 0.2) is 42.6 Å². The fraction of sp³-hybridized carbons (Fsp3) is 0.308. The number of hydrogen-bond acceptors (Lipinski definition) is 4. The Labute approximate surface area is 217 Å². The van der Waals surface area contributed by atoms with E-state index in [1.807, 2.05) is 0 Å². The number of carbonyl (C=O) groups is 1. The van der Waals surface area contributed by atoms with Crippen LogP contribution in [-0.4, -0.2) is 41.6 Å². The maximum atomic E-state index is 14.1. The highest BCUT2D eigenvalue weighted by Crippen LogP contribution is 2.45. The summed E-state index contributed by atoms with van der Waals surface area (Å²) in [7, 11) is 1.61. The molecule has 2 bridgehead atoms. The number of aryl methyl sites for hydroxylation is 1. The summed E-state index contributed by atoms with van der Waals surface area (Å²) in [6, 6.07) is 7.22. The molecule has 2 aliphatic rings. The fourth-order valence-corrected chi connectivity index (χ4v) is 5.68. The van der Waals surface area contributed by atoms with Crippen molar-refractivity contribution in [3.8, 4) is 16.9 Å². The minimum atomic E-state index is -4.69. The lowest BCUT2D eigenvalue weighted by molar-refractivity contribution is -0.141. The third kappa shape index (κ3) is 4.07. The van der Waals surface area contributed by atoms with Crippen LogP contribution in [0.25, 0.3) is 16.9 Å². The van der Waals surface area contributed by atoms with Gasteiger partial charge < -0.3 is 4.90 Å². The van der Waals surface area contributed by atoms with Crippen LogP contribution in [-0.2, 0) is 19.6 Å².